The number of amides is 1. The fourth-order valence-electron chi connectivity index (χ4n) is 1.34. The summed E-state index contributed by atoms with van der Waals surface area (Å²) in [5, 5.41) is 0. The summed E-state index contributed by atoms with van der Waals surface area (Å²) in [5.41, 5.74) is 0. The summed E-state index contributed by atoms with van der Waals surface area (Å²) in [4.78, 5) is 13.5. The normalized spacial score (nSPS) is 10.4. The third-order valence-electron chi connectivity index (χ3n) is 2.26. The zero-order chi connectivity index (χ0) is 12.0. The molecule has 1 heterocycles. The molecule has 0 spiro atoms. The maximum absolute atomic E-state index is 11.8. The Bertz CT molecular complexity index is 340. The largest absolute Gasteiger partial charge is 0.444 e. The number of furan rings is 1. The van der Waals surface area contributed by atoms with Crippen LogP contribution in [0.2, 0.25) is 0 Å². The Morgan fingerprint density at radius 1 is 1.44 bits per heavy atom. The predicted molar refractivity (Wildman–Crippen MR) is 67.9 cm³/mol. The molecule has 5 heteroatoms. The van der Waals surface area contributed by atoms with E-state index in [2.05, 4.69) is 15.9 Å². The van der Waals surface area contributed by atoms with Crippen LogP contribution in [-0.4, -0.2) is 30.3 Å². The quantitative estimate of drug-likeness (QED) is 0.595. The zero-order valence-electron chi connectivity index (χ0n) is 9.21. The highest BCUT2D eigenvalue weighted by Gasteiger charge is 2.14. The maximum atomic E-state index is 11.8. The van der Waals surface area contributed by atoms with Crippen LogP contribution >= 0.6 is 27.5 Å². The molecule has 0 aliphatic carbocycles. The van der Waals surface area contributed by atoms with Crippen LogP contribution in [0.4, 0.5) is 0 Å². The first-order valence-electron chi connectivity index (χ1n) is 5.22. The topological polar surface area (TPSA) is 33.5 Å². The highest BCUT2D eigenvalue weighted by Crippen LogP contribution is 2.15. The lowest BCUT2D eigenvalue weighted by molar-refractivity contribution is 0.0760. The SMILES string of the molecule is CN(CCCCCCl)C(=O)c1ccc(Br)o1. The van der Waals surface area contributed by atoms with Crippen LogP contribution in [0.15, 0.2) is 21.2 Å². The van der Waals surface area contributed by atoms with Crippen molar-refractivity contribution >= 4 is 33.4 Å². The van der Waals surface area contributed by atoms with Crippen LogP contribution in [0.5, 0.6) is 0 Å². The van der Waals surface area contributed by atoms with E-state index in [1.807, 2.05) is 0 Å². The molecule has 0 N–H and O–H groups in total. The van der Waals surface area contributed by atoms with Crippen LogP contribution in [0.25, 0.3) is 0 Å². The summed E-state index contributed by atoms with van der Waals surface area (Å²) in [6, 6.07) is 3.39. The zero-order valence-corrected chi connectivity index (χ0v) is 11.6. The molecule has 0 aliphatic heterocycles. The van der Waals surface area contributed by atoms with Crippen molar-refractivity contribution in [1.29, 1.82) is 0 Å². The third kappa shape index (κ3) is 4.18. The number of carbonyl (C=O) groups excluding carboxylic acids is 1. The van der Waals surface area contributed by atoms with Crippen LogP contribution in [-0.2, 0) is 0 Å². The Hall–Kier alpha value is -0.480. The Labute approximate surface area is 109 Å². The third-order valence-corrected chi connectivity index (χ3v) is 2.95. The van der Waals surface area contributed by atoms with Crippen molar-refractivity contribution in [3.8, 4) is 0 Å². The Morgan fingerprint density at radius 3 is 2.75 bits per heavy atom. The molecule has 0 aromatic carbocycles. The van der Waals surface area contributed by atoms with Gasteiger partial charge >= 0.3 is 0 Å². The average molecular weight is 309 g/mol. The molecule has 0 aliphatic rings. The minimum absolute atomic E-state index is 0.0865. The molecule has 3 nitrogen and oxygen atoms in total. The summed E-state index contributed by atoms with van der Waals surface area (Å²) in [7, 11) is 1.78. The van der Waals surface area contributed by atoms with Gasteiger partial charge in [0.2, 0.25) is 0 Å². The minimum atomic E-state index is -0.0865. The van der Waals surface area contributed by atoms with E-state index in [1.165, 1.54) is 0 Å². The van der Waals surface area contributed by atoms with Gasteiger partial charge in [0.25, 0.3) is 5.91 Å². The van der Waals surface area contributed by atoms with Crippen molar-refractivity contribution in [2.24, 2.45) is 0 Å². The van der Waals surface area contributed by atoms with Gasteiger partial charge in [-0.05, 0) is 40.9 Å². The van der Waals surface area contributed by atoms with Gasteiger partial charge in [-0.2, -0.15) is 0 Å². The summed E-state index contributed by atoms with van der Waals surface area (Å²) in [6.45, 7) is 0.730. The molecule has 16 heavy (non-hydrogen) atoms. The van der Waals surface area contributed by atoms with Crippen molar-refractivity contribution in [3.05, 3.63) is 22.6 Å². The van der Waals surface area contributed by atoms with E-state index in [0.717, 1.165) is 25.8 Å². The highest BCUT2D eigenvalue weighted by atomic mass is 79.9. The van der Waals surface area contributed by atoms with E-state index in [9.17, 15) is 4.79 Å². The van der Waals surface area contributed by atoms with Gasteiger partial charge in [-0.15, -0.1) is 11.6 Å². The van der Waals surface area contributed by atoms with Crippen LogP contribution in [0.3, 0.4) is 0 Å². The molecule has 1 amide bonds. The summed E-state index contributed by atoms with van der Waals surface area (Å²) in [6.07, 6.45) is 3.01. The van der Waals surface area contributed by atoms with E-state index in [4.69, 9.17) is 16.0 Å². The lowest BCUT2D eigenvalue weighted by atomic mass is 10.2. The number of hydrogen-bond acceptors (Lipinski definition) is 2. The lowest BCUT2D eigenvalue weighted by Crippen LogP contribution is -2.27. The minimum Gasteiger partial charge on any atom is -0.444 e. The van der Waals surface area contributed by atoms with Gasteiger partial charge in [0, 0.05) is 19.5 Å². The van der Waals surface area contributed by atoms with Gasteiger partial charge < -0.3 is 9.32 Å². The second-order valence-electron chi connectivity index (χ2n) is 3.58. The molecule has 1 rings (SSSR count). The number of halogens is 2. The first-order valence-corrected chi connectivity index (χ1v) is 6.54. The number of hydrogen-bond donors (Lipinski definition) is 0. The number of carbonyl (C=O) groups is 1. The van der Waals surface area contributed by atoms with Crippen LogP contribution < -0.4 is 0 Å². The molecule has 0 saturated carbocycles. The molecule has 90 valence electrons. The van der Waals surface area contributed by atoms with E-state index in [0.29, 0.717) is 16.3 Å². The fourth-order valence-corrected chi connectivity index (χ4v) is 1.83. The van der Waals surface area contributed by atoms with Gasteiger partial charge in [0.15, 0.2) is 10.4 Å². The molecule has 1 aromatic heterocycles. The summed E-state index contributed by atoms with van der Waals surface area (Å²) in [5.74, 6) is 0.964. The lowest BCUT2D eigenvalue weighted by Gasteiger charge is -2.15. The van der Waals surface area contributed by atoms with E-state index >= 15 is 0 Å². The molecule has 0 saturated heterocycles. The maximum Gasteiger partial charge on any atom is 0.289 e. The molecule has 0 bridgehead atoms. The second kappa shape index (κ2) is 6.97. The molecule has 0 unspecified atom stereocenters. The molecular weight excluding hydrogens is 293 g/mol. The molecule has 0 radical (unpaired) electrons. The summed E-state index contributed by atoms with van der Waals surface area (Å²) < 4.78 is 5.77. The van der Waals surface area contributed by atoms with E-state index < -0.39 is 0 Å². The van der Waals surface area contributed by atoms with Gasteiger partial charge in [-0.1, -0.05) is 6.42 Å². The Balaban J connectivity index is 2.36. The average Bonchev–Trinajstić information content (AvgIpc) is 2.70. The molecule has 0 atom stereocenters. The van der Waals surface area contributed by atoms with E-state index in [-0.39, 0.29) is 5.91 Å². The van der Waals surface area contributed by atoms with Crippen molar-refractivity contribution in [2.75, 3.05) is 19.5 Å². The van der Waals surface area contributed by atoms with Gasteiger partial charge in [0.05, 0.1) is 0 Å². The number of alkyl halides is 1. The van der Waals surface area contributed by atoms with Crippen molar-refractivity contribution < 1.29 is 9.21 Å². The van der Waals surface area contributed by atoms with Gasteiger partial charge in [-0.25, -0.2) is 0 Å². The van der Waals surface area contributed by atoms with Crippen LogP contribution in [0.1, 0.15) is 29.8 Å². The summed E-state index contributed by atoms with van der Waals surface area (Å²) >= 11 is 8.75. The second-order valence-corrected chi connectivity index (χ2v) is 4.74. The molecule has 0 fully saturated rings. The number of rotatable bonds is 6. The monoisotopic (exact) mass is 307 g/mol. The van der Waals surface area contributed by atoms with E-state index in [1.54, 1.807) is 24.1 Å². The first kappa shape index (κ1) is 13.6. The van der Waals surface area contributed by atoms with Crippen molar-refractivity contribution in [3.63, 3.8) is 0 Å². The number of unbranched alkanes of at least 4 members (excludes halogenated alkanes) is 2. The fraction of sp³-hybridized carbons (Fsp3) is 0.545. The molecular formula is C11H15BrClNO2. The Kier molecular flexibility index (Phi) is 5.91. The van der Waals surface area contributed by atoms with Crippen molar-refractivity contribution in [2.45, 2.75) is 19.3 Å². The first-order chi connectivity index (χ1) is 7.65. The standard InChI is InChI=1S/C11H15BrClNO2/c1-14(8-4-2-3-7-13)11(15)9-5-6-10(12)16-9/h5-6H,2-4,7-8H2,1H3. The Morgan fingerprint density at radius 2 is 2.19 bits per heavy atom. The van der Waals surface area contributed by atoms with Crippen molar-refractivity contribution in [1.82, 2.24) is 4.90 Å². The molecule has 1 aromatic rings. The van der Waals surface area contributed by atoms with Gasteiger partial charge in [-0.3, -0.25) is 4.79 Å². The smallest absolute Gasteiger partial charge is 0.289 e. The van der Waals surface area contributed by atoms with Gasteiger partial charge in [0.1, 0.15) is 0 Å². The number of nitrogens with zero attached hydrogens (tertiary/aromatic N) is 1. The highest BCUT2D eigenvalue weighted by molar-refractivity contribution is 9.10. The predicted octanol–water partition coefficient (Wildman–Crippen LogP) is 3.52. The van der Waals surface area contributed by atoms with Crippen LogP contribution in [0, 0.1) is 0 Å².